The van der Waals surface area contributed by atoms with Gasteiger partial charge in [-0.15, -0.1) is 0 Å². The minimum absolute atomic E-state index is 0.0196. The molecule has 0 atom stereocenters. The monoisotopic (exact) mass is 394 g/mol. The molecule has 0 saturated carbocycles. The fourth-order valence-electron chi connectivity index (χ4n) is 3.59. The highest BCUT2D eigenvalue weighted by molar-refractivity contribution is 6.30. The largest absolute Gasteiger partial charge is 0.337 e. The van der Waals surface area contributed by atoms with Gasteiger partial charge in [0.25, 0.3) is 5.91 Å². The van der Waals surface area contributed by atoms with Gasteiger partial charge in [-0.3, -0.25) is 4.79 Å². The van der Waals surface area contributed by atoms with Crippen molar-refractivity contribution >= 4 is 17.5 Å². The summed E-state index contributed by atoms with van der Waals surface area (Å²) in [6, 6.07) is 19.7. The predicted octanol–water partition coefficient (Wildman–Crippen LogP) is 4.02. The number of para-hydroxylation sites is 1. The molecule has 0 spiro atoms. The second-order valence-corrected chi connectivity index (χ2v) is 7.46. The van der Waals surface area contributed by atoms with Crippen molar-refractivity contribution in [1.29, 1.82) is 0 Å². The molecule has 6 heteroatoms. The number of rotatable bonds is 4. The van der Waals surface area contributed by atoms with Gasteiger partial charge in [0.15, 0.2) is 0 Å². The Morgan fingerprint density at radius 2 is 1.75 bits per heavy atom. The van der Waals surface area contributed by atoms with Crippen molar-refractivity contribution in [3.05, 3.63) is 71.4 Å². The number of benzene rings is 2. The van der Waals surface area contributed by atoms with Gasteiger partial charge in [0, 0.05) is 29.7 Å². The van der Waals surface area contributed by atoms with E-state index in [4.69, 9.17) is 16.7 Å². The van der Waals surface area contributed by atoms with E-state index < -0.39 is 0 Å². The molecule has 0 unspecified atom stereocenters. The molecule has 1 aliphatic heterocycles. The van der Waals surface area contributed by atoms with Crippen LogP contribution >= 0.6 is 11.6 Å². The van der Waals surface area contributed by atoms with Crippen LogP contribution in [0.15, 0.2) is 60.7 Å². The molecule has 144 valence electrons. The lowest BCUT2D eigenvalue weighted by Crippen LogP contribution is -2.44. The number of nitrogens with zero attached hydrogens (tertiary/aromatic N) is 3. The molecule has 1 N–H and O–H groups in total. The number of likely N-dealkylation sites (tertiary alicyclic amines) is 1. The summed E-state index contributed by atoms with van der Waals surface area (Å²) in [5.74, 6) is 0.0196. The minimum Gasteiger partial charge on any atom is -0.337 e. The molecule has 4 rings (SSSR count). The Labute approximate surface area is 169 Å². The Balaban J connectivity index is 1.70. The first kappa shape index (κ1) is 18.7. The van der Waals surface area contributed by atoms with E-state index in [-0.39, 0.29) is 5.91 Å². The van der Waals surface area contributed by atoms with E-state index in [0.29, 0.717) is 16.8 Å². The highest BCUT2D eigenvalue weighted by Gasteiger charge is 2.26. The Hall–Kier alpha value is -2.63. The number of piperidine rings is 1. The number of hydrogen-bond acceptors (Lipinski definition) is 3. The fourth-order valence-corrected chi connectivity index (χ4v) is 3.72. The number of aromatic nitrogens is 2. The Morgan fingerprint density at radius 1 is 1.07 bits per heavy atom. The fraction of sp³-hybridized carbons (Fsp3) is 0.273. The molecule has 1 aliphatic rings. The van der Waals surface area contributed by atoms with Crippen molar-refractivity contribution in [3.63, 3.8) is 0 Å². The van der Waals surface area contributed by atoms with Gasteiger partial charge in [-0.1, -0.05) is 41.9 Å². The molecular weight excluding hydrogens is 372 g/mol. The van der Waals surface area contributed by atoms with Gasteiger partial charge in [-0.2, -0.15) is 5.10 Å². The van der Waals surface area contributed by atoms with Gasteiger partial charge >= 0.3 is 0 Å². The Morgan fingerprint density at radius 3 is 2.39 bits per heavy atom. The average Bonchev–Trinajstić information content (AvgIpc) is 3.20. The lowest BCUT2D eigenvalue weighted by atomic mass is 10.0. The quantitative estimate of drug-likeness (QED) is 0.727. The molecule has 0 bridgehead atoms. The van der Waals surface area contributed by atoms with Crippen molar-refractivity contribution in [1.82, 2.24) is 20.0 Å². The van der Waals surface area contributed by atoms with Crippen LogP contribution in [0.25, 0.3) is 16.9 Å². The summed E-state index contributed by atoms with van der Waals surface area (Å²) >= 11 is 6.02. The first-order valence-electron chi connectivity index (χ1n) is 9.53. The zero-order valence-electron chi connectivity index (χ0n) is 15.8. The summed E-state index contributed by atoms with van der Waals surface area (Å²) in [6.45, 7) is 1.50. The van der Waals surface area contributed by atoms with Crippen LogP contribution in [-0.4, -0.2) is 46.8 Å². The SMILES string of the molecule is CNC1CCN(C(=O)c2cc(-c3ccc(Cl)cc3)nn2-c2ccccc2)CC1. The van der Waals surface area contributed by atoms with Crippen molar-refractivity contribution < 1.29 is 4.79 Å². The molecule has 3 aromatic rings. The van der Waals surface area contributed by atoms with Crippen LogP contribution in [0, 0.1) is 0 Å². The minimum atomic E-state index is 0.0196. The van der Waals surface area contributed by atoms with Gasteiger partial charge in [0.2, 0.25) is 0 Å². The third kappa shape index (κ3) is 3.81. The summed E-state index contributed by atoms with van der Waals surface area (Å²) in [5, 5.41) is 8.72. The molecule has 0 radical (unpaired) electrons. The lowest BCUT2D eigenvalue weighted by Gasteiger charge is -2.31. The van der Waals surface area contributed by atoms with Gasteiger partial charge in [0.05, 0.1) is 11.4 Å². The lowest BCUT2D eigenvalue weighted by molar-refractivity contribution is 0.0698. The molecule has 5 nitrogen and oxygen atoms in total. The zero-order chi connectivity index (χ0) is 19.5. The van der Waals surface area contributed by atoms with Crippen LogP contribution in [-0.2, 0) is 0 Å². The number of hydrogen-bond donors (Lipinski definition) is 1. The molecule has 2 aromatic carbocycles. The van der Waals surface area contributed by atoms with Crippen LogP contribution in [0.4, 0.5) is 0 Å². The maximum Gasteiger partial charge on any atom is 0.272 e. The molecule has 28 heavy (non-hydrogen) atoms. The van der Waals surface area contributed by atoms with Crippen molar-refractivity contribution in [2.24, 2.45) is 0 Å². The summed E-state index contributed by atoms with van der Waals surface area (Å²) in [4.78, 5) is 15.2. The van der Waals surface area contributed by atoms with Gasteiger partial charge in [-0.25, -0.2) is 4.68 Å². The smallest absolute Gasteiger partial charge is 0.272 e. The van der Waals surface area contributed by atoms with Gasteiger partial charge < -0.3 is 10.2 Å². The summed E-state index contributed by atoms with van der Waals surface area (Å²) in [6.07, 6.45) is 1.93. The van der Waals surface area contributed by atoms with Crippen molar-refractivity contribution in [2.75, 3.05) is 20.1 Å². The van der Waals surface area contributed by atoms with Crippen molar-refractivity contribution in [2.45, 2.75) is 18.9 Å². The summed E-state index contributed by atoms with van der Waals surface area (Å²) in [7, 11) is 1.98. The van der Waals surface area contributed by atoms with Crippen LogP contribution in [0.3, 0.4) is 0 Å². The maximum atomic E-state index is 13.3. The molecule has 1 amide bonds. The van der Waals surface area contributed by atoms with Crippen LogP contribution < -0.4 is 5.32 Å². The highest BCUT2D eigenvalue weighted by Crippen LogP contribution is 2.25. The molecule has 2 heterocycles. The number of amides is 1. The van der Waals surface area contributed by atoms with Gasteiger partial charge in [0.1, 0.15) is 5.69 Å². The van der Waals surface area contributed by atoms with Crippen LogP contribution in [0.1, 0.15) is 23.3 Å². The summed E-state index contributed by atoms with van der Waals surface area (Å²) < 4.78 is 1.75. The van der Waals surface area contributed by atoms with E-state index in [1.165, 1.54) is 0 Å². The first-order valence-corrected chi connectivity index (χ1v) is 9.91. The first-order chi connectivity index (χ1) is 13.7. The van der Waals surface area contributed by atoms with E-state index in [1.807, 2.05) is 72.6 Å². The molecule has 1 saturated heterocycles. The van der Waals surface area contributed by atoms with E-state index in [1.54, 1.807) is 4.68 Å². The van der Waals surface area contributed by atoms with Gasteiger partial charge in [-0.05, 0) is 50.2 Å². The van der Waals surface area contributed by atoms with Crippen LogP contribution in [0.2, 0.25) is 5.02 Å². The third-order valence-electron chi connectivity index (χ3n) is 5.26. The number of carbonyl (C=O) groups is 1. The predicted molar refractivity (Wildman–Crippen MR) is 112 cm³/mol. The molecular formula is C22H23ClN4O. The highest BCUT2D eigenvalue weighted by atomic mass is 35.5. The zero-order valence-corrected chi connectivity index (χ0v) is 16.6. The third-order valence-corrected chi connectivity index (χ3v) is 5.51. The van der Waals surface area contributed by atoms with E-state index >= 15 is 0 Å². The van der Waals surface area contributed by atoms with Crippen molar-refractivity contribution in [3.8, 4) is 16.9 Å². The topological polar surface area (TPSA) is 50.2 Å². The second-order valence-electron chi connectivity index (χ2n) is 7.02. The number of nitrogens with one attached hydrogen (secondary N) is 1. The molecule has 1 fully saturated rings. The normalized spacial score (nSPS) is 15.0. The molecule has 1 aromatic heterocycles. The number of halogens is 1. The molecule has 0 aliphatic carbocycles. The standard InChI is InChI=1S/C22H23ClN4O/c1-24-18-11-13-26(14-12-18)22(28)21-15-20(16-7-9-17(23)10-8-16)25-27(21)19-5-3-2-4-6-19/h2-10,15,18,24H,11-14H2,1H3. The van der Waals surface area contributed by atoms with E-state index in [9.17, 15) is 4.79 Å². The average molecular weight is 395 g/mol. The Kier molecular flexibility index (Phi) is 5.46. The summed E-state index contributed by atoms with van der Waals surface area (Å²) in [5.41, 5.74) is 3.14. The Bertz CT molecular complexity index is 944. The maximum absolute atomic E-state index is 13.3. The van der Waals surface area contributed by atoms with Crippen LogP contribution in [0.5, 0.6) is 0 Å². The van der Waals surface area contributed by atoms with E-state index in [2.05, 4.69) is 5.32 Å². The van der Waals surface area contributed by atoms with E-state index in [0.717, 1.165) is 42.9 Å². The number of carbonyl (C=O) groups excluding carboxylic acids is 1. The second kappa shape index (κ2) is 8.17.